The SMILES string of the molecule is CCCCC(=O)NCc1ccccc1C(F)(F)F. The highest BCUT2D eigenvalue weighted by molar-refractivity contribution is 5.75. The molecule has 0 aromatic heterocycles. The van der Waals surface area contributed by atoms with Gasteiger partial charge in [-0.3, -0.25) is 4.79 Å². The maximum atomic E-state index is 12.7. The van der Waals surface area contributed by atoms with E-state index in [-0.39, 0.29) is 18.0 Å². The average molecular weight is 259 g/mol. The van der Waals surface area contributed by atoms with Gasteiger partial charge in [-0.1, -0.05) is 31.5 Å². The first-order valence-corrected chi connectivity index (χ1v) is 5.87. The normalized spacial score (nSPS) is 11.3. The molecule has 5 heteroatoms. The Morgan fingerprint density at radius 3 is 2.56 bits per heavy atom. The van der Waals surface area contributed by atoms with Gasteiger partial charge in [0.05, 0.1) is 5.56 Å². The number of alkyl halides is 3. The topological polar surface area (TPSA) is 29.1 Å². The third-order valence-corrected chi connectivity index (χ3v) is 2.56. The number of carbonyl (C=O) groups excluding carboxylic acids is 1. The molecule has 0 aliphatic rings. The molecule has 18 heavy (non-hydrogen) atoms. The maximum Gasteiger partial charge on any atom is 0.416 e. The fourth-order valence-electron chi connectivity index (χ4n) is 1.57. The van der Waals surface area contributed by atoms with E-state index in [0.29, 0.717) is 6.42 Å². The van der Waals surface area contributed by atoms with E-state index in [0.717, 1.165) is 18.9 Å². The second kappa shape index (κ2) is 6.42. The fourth-order valence-corrected chi connectivity index (χ4v) is 1.57. The van der Waals surface area contributed by atoms with Crippen LogP contribution in [0, 0.1) is 0 Å². The van der Waals surface area contributed by atoms with E-state index in [1.165, 1.54) is 18.2 Å². The Bertz CT molecular complexity index is 401. The van der Waals surface area contributed by atoms with Gasteiger partial charge in [-0.25, -0.2) is 0 Å². The maximum absolute atomic E-state index is 12.7. The van der Waals surface area contributed by atoms with Crippen molar-refractivity contribution in [1.29, 1.82) is 0 Å². The standard InChI is InChI=1S/C13H16F3NO/c1-2-3-8-12(18)17-9-10-6-4-5-7-11(10)13(14,15)16/h4-7H,2-3,8-9H2,1H3,(H,17,18). The van der Waals surface area contributed by atoms with Crippen molar-refractivity contribution in [2.75, 3.05) is 0 Å². The quantitative estimate of drug-likeness (QED) is 0.861. The molecule has 1 N–H and O–H groups in total. The van der Waals surface area contributed by atoms with Gasteiger partial charge >= 0.3 is 6.18 Å². The van der Waals surface area contributed by atoms with Crippen molar-refractivity contribution in [1.82, 2.24) is 5.32 Å². The third-order valence-electron chi connectivity index (χ3n) is 2.56. The minimum atomic E-state index is -4.38. The Kier molecular flexibility index (Phi) is 5.19. The molecule has 0 unspecified atom stereocenters. The summed E-state index contributed by atoms with van der Waals surface area (Å²) in [7, 11) is 0. The summed E-state index contributed by atoms with van der Waals surface area (Å²) >= 11 is 0. The molecule has 1 rings (SSSR count). The van der Waals surface area contributed by atoms with Gasteiger partial charge in [-0.05, 0) is 18.1 Å². The molecule has 0 saturated carbocycles. The first-order chi connectivity index (χ1) is 8.45. The Morgan fingerprint density at radius 2 is 1.94 bits per heavy atom. The molecule has 0 saturated heterocycles. The van der Waals surface area contributed by atoms with Gasteiger partial charge in [-0.2, -0.15) is 13.2 Å². The number of unbranched alkanes of at least 4 members (excludes halogenated alkanes) is 1. The Labute approximate surface area is 104 Å². The number of hydrogen-bond donors (Lipinski definition) is 1. The summed E-state index contributed by atoms with van der Waals surface area (Å²) in [5.74, 6) is -0.214. The van der Waals surface area contributed by atoms with E-state index >= 15 is 0 Å². The highest BCUT2D eigenvalue weighted by atomic mass is 19.4. The molecule has 0 aliphatic carbocycles. The minimum absolute atomic E-state index is 0.0851. The van der Waals surface area contributed by atoms with Crippen LogP contribution in [0.25, 0.3) is 0 Å². The summed E-state index contributed by atoms with van der Waals surface area (Å²) in [6.45, 7) is 1.87. The van der Waals surface area contributed by atoms with E-state index < -0.39 is 11.7 Å². The van der Waals surface area contributed by atoms with E-state index in [9.17, 15) is 18.0 Å². The molecule has 0 fully saturated rings. The van der Waals surface area contributed by atoms with E-state index in [4.69, 9.17) is 0 Å². The molecule has 0 bridgehead atoms. The molecule has 2 nitrogen and oxygen atoms in total. The van der Waals surface area contributed by atoms with Gasteiger partial charge in [0.15, 0.2) is 0 Å². The van der Waals surface area contributed by atoms with Crippen LogP contribution in [0.5, 0.6) is 0 Å². The van der Waals surface area contributed by atoms with Crippen LogP contribution in [0.3, 0.4) is 0 Å². The first kappa shape index (κ1) is 14.5. The Balaban J connectivity index is 2.65. The molecule has 0 aliphatic heterocycles. The lowest BCUT2D eigenvalue weighted by atomic mass is 10.1. The van der Waals surface area contributed by atoms with E-state index in [1.54, 1.807) is 0 Å². The van der Waals surface area contributed by atoms with Crippen LogP contribution in [0.4, 0.5) is 13.2 Å². The summed E-state index contributed by atoms with van der Waals surface area (Å²) < 4.78 is 38.0. The fraction of sp³-hybridized carbons (Fsp3) is 0.462. The lowest BCUT2D eigenvalue weighted by molar-refractivity contribution is -0.138. The summed E-state index contributed by atoms with van der Waals surface area (Å²) in [6, 6.07) is 5.27. The molecular weight excluding hydrogens is 243 g/mol. The highest BCUT2D eigenvalue weighted by Gasteiger charge is 2.32. The van der Waals surface area contributed by atoms with Crippen LogP contribution < -0.4 is 5.32 Å². The molecule has 1 aromatic carbocycles. The van der Waals surface area contributed by atoms with Gasteiger partial charge in [-0.15, -0.1) is 0 Å². The van der Waals surface area contributed by atoms with Crippen molar-refractivity contribution in [3.05, 3.63) is 35.4 Å². The largest absolute Gasteiger partial charge is 0.416 e. The zero-order valence-corrected chi connectivity index (χ0v) is 10.2. The molecule has 0 spiro atoms. The molecule has 1 aromatic rings. The van der Waals surface area contributed by atoms with Crippen molar-refractivity contribution in [2.24, 2.45) is 0 Å². The van der Waals surface area contributed by atoms with Crippen molar-refractivity contribution >= 4 is 5.91 Å². The number of carbonyl (C=O) groups is 1. The summed E-state index contributed by atoms with van der Waals surface area (Å²) in [5, 5.41) is 2.51. The summed E-state index contributed by atoms with van der Waals surface area (Å²) in [5.41, 5.74) is -0.601. The lowest BCUT2D eigenvalue weighted by Crippen LogP contribution is -2.24. The number of nitrogens with one attached hydrogen (secondary N) is 1. The van der Waals surface area contributed by atoms with Crippen molar-refractivity contribution in [3.8, 4) is 0 Å². The van der Waals surface area contributed by atoms with Crippen LogP contribution in [0.2, 0.25) is 0 Å². The zero-order chi connectivity index (χ0) is 13.6. The van der Waals surface area contributed by atoms with Crippen LogP contribution in [-0.4, -0.2) is 5.91 Å². The first-order valence-electron chi connectivity index (χ1n) is 5.87. The number of rotatable bonds is 5. The molecule has 0 heterocycles. The average Bonchev–Trinajstić information content (AvgIpc) is 2.33. The lowest BCUT2D eigenvalue weighted by Gasteiger charge is -2.13. The van der Waals surface area contributed by atoms with Crippen LogP contribution >= 0.6 is 0 Å². The van der Waals surface area contributed by atoms with Gasteiger partial charge in [0, 0.05) is 13.0 Å². The van der Waals surface area contributed by atoms with Crippen molar-refractivity contribution in [2.45, 2.75) is 38.9 Å². The van der Waals surface area contributed by atoms with Crippen LogP contribution in [0.1, 0.15) is 37.3 Å². The summed E-state index contributed by atoms with van der Waals surface area (Å²) in [6.07, 6.45) is -2.41. The number of halogens is 3. The van der Waals surface area contributed by atoms with E-state index in [2.05, 4.69) is 5.32 Å². The third kappa shape index (κ3) is 4.39. The molecule has 0 radical (unpaired) electrons. The predicted molar refractivity (Wildman–Crippen MR) is 62.8 cm³/mol. The Morgan fingerprint density at radius 1 is 1.28 bits per heavy atom. The number of amides is 1. The van der Waals surface area contributed by atoms with E-state index in [1.807, 2.05) is 6.92 Å². The number of hydrogen-bond acceptors (Lipinski definition) is 1. The summed E-state index contributed by atoms with van der Waals surface area (Å²) in [4.78, 5) is 11.3. The molecule has 1 amide bonds. The van der Waals surface area contributed by atoms with Gasteiger partial charge in [0.1, 0.15) is 0 Å². The van der Waals surface area contributed by atoms with Gasteiger partial charge < -0.3 is 5.32 Å². The molecule has 0 atom stereocenters. The van der Waals surface area contributed by atoms with Crippen molar-refractivity contribution < 1.29 is 18.0 Å². The second-order valence-corrected chi connectivity index (χ2v) is 4.04. The van der Waals surface area contributed by atoms with Crippen molar-refractivity contribution in [3.63, 3.8) is 0 Å². The molecular formula is C13H16F3NO. The van der Waals surface area contributed by atoms with Crippen LogP contribution in [-0.2, 0) is 17.5 Å². The smallest absolute Gasteiger partial charge is 0.352 e. The second-order valence-electron chi connectivity index (χ2n) is 4.04. The minimum Gasteiger partial charge on any atom is -0.352 e. The number of benzene rings is 1. The highest BCUT2D eigenvalue weighted by Crippen LogP contribution is 2.31. The molecule has 100 valence electrons. The Hall–Kier alpha value is -1.52. The van der Waals surface area contributed by atoms with Gasteiger partial charge in [0.2, 0.25) is 5.91 Å². The van der Waals surface area contributed by atoms with Gasteiger partial charge in [0.25, 0.3) is 0 Å². The monoisotopic (exact) mass is 259 g/mol. The zero-order valence-electron chi connectivity index (χ0n) is 10.2. The predicted octanol–water partition coefficient (Wildman–Crippen LogP) is 3.51. The van der Waals surface area contributed by atoms with Crippen LogP contribution in [0.15, 0.2) is 24.3 Å².